The second kappa shape index (κ2) is 3.24. The highest BCUT2D eigenvalue weighted by Crippen LogP contribution is 2.24. The number of β-amino-alcohol motifs (C(OH)–C–C–N with tert-alkyl or cyclic N) is 1. The fourth-order valence-corrected chi connectivity index (χ4v) is 1.91. The van der Waals surface area contributed by atoms with Gasteiger partial charge in [0, 0.05) is 13.1 Å². The largest absolute Gasteiger partial charge is 0.423 e. The standard InChI is InChI=1S/C11H12N2O2/c14-8-5-6-13(7-8)11-12-9-3-1-2-4-10(9)15-11/h1-4,8,14H,5-7H2. The fraction of sp³-hybridized carbons (Fsp3) is 0.364. The predicted octanol–water partition coefficient (Wildman–Crippen LogP) is 1.40. The zero-order valence-electron chi connectivity index (χ0n) is 8.26. The molecule has 1 unspecified atom stereocenters. The number of oxazole rings is 1. The van der Waals surface area contributed by atoms with E-state index in [1.807, 2.05) is 29.2 Å². The molecule has 4 nitrogen and oxygen atoms in total. The molecule has 1 aromatic heterocycles. The Morgan fingerprint density at radius 1 is 1.40 bits per heavy atom. The van der Waals surface area contributed by atoms with Crippen LogP contribution < -0.4 is 4.90 Å². The molecule has 1 saturated heterocycles. The number of aliphatic hydroxyl groups excluding tert-OH is 1. The van der Waals surface area contributed by atoms with Gasteiger partial charge in [-0.2, -0.15) is 4.98 Å². The number of aliphatic hydroxyl groups is 1. The molecule has 78 valence electrons. The van der Waals surface area contributed by atoms with Gasteiger partial charge in [-0.3, -0.25) is 0 Å². The Labute approximate surface area is 87.1 Å². The van der Waals surface area contributed by atoms with Crippen LogP contribution in [-0.2, 0) is 0 Å². The number of hydrogen-bond donors (Lipinski definition) is 1. The summed E-state index contributed by atoms with van der Waals surface area (Å²) in [5, 5.41) is 9.42. The van der Waals surface area contributed by atoms with Gasteiger partial charge in [-0.05, 0) is 18.6 Å². The number of benzene rings is 1. The molecule has 0 radical (unpaired) electrons. The van der Waals surface area contributed by atoms with E-state index in [-0.39, 0.29) is 6.10 Å². The van der Waals surface area contributed by atoms with Gasteiger partial charge in [0.05, 0.1) is 6.10 Å². The Hall–Kier alpha value is -1.55. The molecule has 0 aliphatic carbocycles. The highest BCUT2D eigenvalue weighted by molar-refractivity contribution is 5.74. The Bertz CT molecular complexity index is 447. The Kier molecular flexibility index (Phi) is 1.89. The van der Waals surface area contributed by atoms with Crippen molar-refractivity contribution in [3.05, 3.63) is 24.3 Å². The summed E-state index contributed by atoms with van der Waals surface area (Å²) in [6, 6.07) is 8.31. The van der Waals surface area contributed by atoms with Crippen molar-refractivity contribution in [2.24, 2.45) is 0 Å². The molecule has 0 amide bonds. The average molecular weight is 204 g/mol. The van der Waals surface area contributed by atoms with Crippen molar-refractivity contribution in [3.8, 4) is 0 Å². The summed E-state index contributed by atoms with van der Waals surface area (Å²) >= 11 is 0. The molecule has 0 bridgehead atoms. The van der Waals surface area contributed by atoms with Crippen LogP contribution >= 0.6 is 0 Å². The average Bonchev–Trinajstić information content (AvgIpc) is 2.82. The van der Waals surface area contributed by atoms with E-state index >= 15 is 0 Å². The molecule has 3 rings (SSSR count). The van der Waals surface area contributed by atoms with Crippen molar-refractivity contribution < 1.29 is 9.52 Å². The lowest BCUT2D eigenvalue weighted by molar-refractivity contribution is 0.198. The molecule has 1 N–H and O–H groups in total. The maximum Gasteiger partial charge on any atom is 0.298 e. The molecule has 2 aromatic rings. The summed E-state index contributed by atoms with van der Waals surface area (Å²) in [5.41, 5.74) is 1.67. The summed E-state index contributed by atoms with van der Waals surface area (Å²) in [4.78, 5) is 6.35. The Morgan fingerprint density at radius 3 is 3.00 bits per heavy atom. The van der Waals surface area contributed by atoms with Gasteiger partial charge in [0.25, 0.3) is 6.01 Å². The van der Waals surface area contributed by atoms with E-state index in [0.29, 0.717) is 12.6 Å². The number of aromatic nitrogens is 1. The second-order valence-electron chi connectivity index (χ2n) is 3.85. The number of para-hydroxylation sites is 2. The Morgan fingerprint density at radius 2 is 2.27 bits per heavy atom. The lowest BCUT2D eigenvalue weighted by Gasteiger charge is -2.10. The molecule has 15 heavy (non-hydrogen) atoms. The van der Waals surface area contributed by atoms with Gasteiger partial charge in [-0.25, -0.2) is 0 Å². The van der Waals surface area contributed by atoms with Crippen molar-refractivity contribution >= 4 is 17.1 Å². The van der Waals surface area contributed by atoms with Gasteiger partial charge in [-0.15, -0.1) is 0 Å². The maximum atomic E-state index is 9.42. The van der Waals surface area contributed by atoms with Gasteiger partial charge in [0.1, 0.15) is 5.52 Å². The van der Waals surface area contributed by atoms with Crippen LogP contribution in [0.15, 0.2) is 28.7 Å². The van der Waals surface area contributed by atoms with Gasteiger partial charge >= 0.3 is 0 Å². The van der Waals surface area contributed by atoms with Crippen molar-refractivity contribution in [2.75, 3.05) is 18.0 Å². The van der Waals surface area contributed by atoms with Gasteiger partial charge in [-0.1, -0.05) is 12.1 Å². The second-order valence-corrected chi connectivity index (χ2v) is 3.85. The molecule has 0 saturated carbocycles. The van der Waals surface area contributed by atoms with Crippen LogP contribution in [0.4, 0.5) is 6.01 Å². The molecule has 0 spiro atoms. The van der Waals surface area contributed by atoms with Crippen molar-refractivity contribution in [1.29, 1.82) is 0 Å². The molecule has 1 atom stereocenters. The van der Waals surface area contributed by atoms with Crippen LogP contribution in [0.5, 0.6) is 0 Å². The first-order chi connectivity index (χ1) is 7.33. The number of anilines is 1. The smallest absolute Gasteiger partial charge is 0.298 e. The molecular formula is C11H12N2O2. The summed E-state index contributed by atoms with van der Waals surface area (Å²) in [6.45, 7) is 1.43. The minimum atomic E-state index is -0.250. The fourth-order valence-electron chi connectivity index (χ4n) is 1.91. The van der Waals surface area contributed by atoms with Crippen LogP contribution in [0.25, 0.3) is 11.1 Å². The minimum absolute atomic E-state index is 0.250. The third kappa shape index (κ3) is 1.47. The van der Waals surface area contributed by atoms with Gasteiger partial charge in [0.2, 0.25) is 0 Å². The summed E-state index contributed by atoms with van der Waals surface area (Å²) in [6.07, 6.45) is 0.540. The molecule has 1 aromatic carbocycles. The highest BCUT2D eigenvalue weighted by Gasteiger charge is 2.23. The zero-order valence-corrected chi connectivity index (χ0v) is 8.26. The molecule has 1 aliphatic heterocycles. The van der Waals surface area contributed by atoms with E-state index in [2.05, 4.69) is 4.98 Å². The molecule has 2 heterocycles. The molecule has 1 fully saturated rings. The van der Waals surface area contributed by atoms with Gasteiger partial charge < -0.3 is 14.4 Å². The van der Waals surface area contributed by atoms with Crippen LogP contribution in [-0.4, -0.2) is 29.3 Å². The third-order valence-corrected chi connectivity index (χ3v) is 2.72. The number of hydrogen-bond acceptors (Lipinski definition) is 4. The molecule has 4 heteroatoms. The summed E-state index contributed by atoms with van der Waals surface area (Å²) in [7, 11) is 0. The van der Waals surface area contributed by atoms with E-state index in [0.717, 1.165) is 24.1 Å². The van der Waals surface area contributed by atoms with Crippen LogP contribution in [0.1, 0.15) is 6.42 Å². The van der Waals surface area contributed by atoms with E-state index < -0.39 is 0 Å². The van der Waals surface area contributed by atoms with E-state index in [4.69, 9.17) is 4.42 Å². The number of rotatable bonds is 1. The quantitative estimate of drug-likeness (QED) is 0.762. The predicted molar refractivity (Wildman–Crippen MR) is 56.8 cm³/mol. The topological polar surface area (TPSA) is 49.5 Å². The highest BCUT2D eigenvalue weighted by atomic mass is 16.4. The lowest BCUT2D eigenvalue weighted by Crippen LogP contribution is -2.21. The van der Waals surface area contributed by atoms with E-state index in [1.54, 1.807) is 0 Å². The maximum absolute atomic E-state index is 9.42. The van der Waals surface area contributed by atoms with Crippen LogP contribution in [0, 0.1) is 0 Å². The van der Waals surface area contributed by atoms with Crippen molar-refractivity contribution in [1.82, 2.24) is 4.98 Å². The van der Waals surface area contributed by atoms with E-state index in [1.165, 1.54) is 0 Å². The first-order valence-corrected chi connectivity index (χ1v) is 5.11. The number of nitrogens with zero attached hydrogens (tertiary/aromatic N) is 2. The number of fused-ring (bicyclic) bond motifs is 1. The van der Waals surface area contributed by atoms with Gasteiger partial charge in [0.15, 0.2) is 5.58 Å². The monoisotopic (exact) mass is 204 g/mol. The van der Waals surface area contributed by atoms with E-state index in [9.17, 15) is 5.11 Å². The minimum Gasteiger partial charge on any atom is -0.423 e. The lowest BCUT2D eigenvalue weighted by atomic mass is 10.3. The molecule has 1 aliphatic rings. The van der Waals surface area contributed by atoms with Crippen LogP contribution in [0.3, 0.4) is 0 Å². The Balaban J connectivity index is 1.98. The van der Waals surface area contributed by atoms with Crippen molar-refractivity contribution in [2.45, 2.75) is 12.5 Å². The molecular weight excluding hydrogens is 192 g/mol. The SMILES string of the molecule is OC1CCN(c2nc3ccccc3o2)C1. The van der Waals surface area contributed by atoms with Crippen LogP contribution in [0.2, 0.25) is 0 Å². The first kappa shape index (κ1) is 8.73. The summed E-state index contributed by atoms with van der Waals surface area (Å²) < 4.78 is 5.60. The van der Waals surface area contributed by atoms with Crippen molar-refractivity contribution in [3.63, 3.8) is 0 Å². The normalized spacial score (nSPS) is 21.4. The summed E-state index contributed by atoms with van der Waals surface area (Å²) in [5.74, 6) is 0. The third-order valence-electron chi connectivity index (χ3n) is 2.72. The first-order valence-electron chi connectivity index (χ1n) is 5.11. The zero-order chi connectivity index (χ0) is 10.3.